The molecule has 0 saturated heterocycles. The van der Waals surface area contributed by atoms with Crippen molar-refractivity contribution in [3.05, 3.63) is 224 Å². The lowest BCUT2D eigenvalue weighted by molar-refractivity contribution is 0.669. The number of para-hydroxylation sites is 4. The largest absolute Gasteiger partial charge is 0.455 e. The first kappa shape index (κ1) is 37.8. The molecule has 0 spiro atoms. The Morgan fingerprint density at radius 3 is 1.87 bits per heavy atom. The van der Waals surface area contributed by atoms with Gasteiger partial charge in [-0.2, -0.15) is 0 Å². The highest BCUT2D eigenvalue weighted by Crippen LogP contribution is 2.52. The van der Waals surface area contributed by atoms with Crippen LogP contribution in [0, 0.1) is 0 Å². The molecule has 320 valence electrons. The summed E-state index contributed by atoms with van der Waals surface area (Å²) in [6.07, 6.45) is 0. The van der Waals surface area contributed by atoms with Crippen LogP contribution in [-0.4, -0.2) is 19.5 Å². The fraction of sp³-hybridized carbons (Fsp3) is 0. The van der Waals surface area contributed by atoms with E-state index in [2.05, 4.69) is 216 Å². The van der Waals surface area contributed by atoms with E-state index >= 15 is 0 Å². The summed E-state index contributed by atoms with van der Waals surface area (Å²) in [5.41, 5.74) is 13.3. The molecule has 0 N–H and O–H groups in total. The topological polar surface area (TPSA) is 60.0 Å². The molecule has 0 fully saturated rings. The Bertz CT molecular complexity index is 4450. The van der Waals surface area contributed by atoms with Gasteiger partial charge in [-0.15, -0.1) is 0 Å². The predicted molar refractivity (Wildman–Crippen MR) is 284 cm³/mol. The van der Waals surface area contributed by atoms with Crippen molar-refractivity contribution in [2.45, 2.75) is 0 Å². The van der Waals surface area contributed by atoms with Gasteiger partial charge >= 0.3 is 0 Å². The highest BCUT2D eigenvalue weighted by Gasteiger charge is 2.27. The van der Waals surface area contributed by atoms with Crippen molar-refractivity contribution in [1.82, 2.24) is 19.5 Å². The Labute approximate surface area is 395 Å². The highest BCUT2D eigenvalue weighted by molar-refractivity contribution is 6.16. The molecule has 0 unspecified atom stereocenters. The zero-order chi connectivity index (χ0) is 45.2. The van der Waals surface area contributed by atoms with Crippen molar-refractivity contribution in [2.24, 2.45) is 0 Å². The average Bonchev–Trinajstić information content (AvgIpc) is 3.96. The predicted octanol–water partition coefficient (Wildman–Crippen LogP) is 16.8. The highest BCUT2D eigenvalue weighted by atomic mass is 16.3. The van der Waals surface area contributed by atoms with Gasteiger partial charge in [0.15, 0.2) is 17.5 Å². The molecule has 0 amide bonds. The number of fused-ring (bicyclic) bond motifs is 10. The SMILES string of the molecule is c1ccc(-n2c3ccccc3c3ccc(-c4nc(-c5ccc6ccc(N7c8cc9ccccc9cc8-c8cccc9cccc7c89)cc6c5)nc(-c5cccc6c5oc5ccccc56)n4)cc32)cc1. The Morgan fingerprint density at radius 2 is 0.986 bits per heavy atom. The van der Waals surface area contributed by atoms with Crippen molar-refractivity contribution >= 4 is 93.1 Å². The average molecular weight is 880 g/mol. The van der Waals surface area contributed by atoms with Crippen molar-refractivity contribution in [3.63, 3.8) is 0 Å². The first-order valence-corrected chi connectivity index (χ1v) is 23.3. The summed E-state index contributed by atoms with van der Waals surface area (Å²) >= 11 is 0. The van der Waals surface area contributed by atoms with E-state index in [0.29, 0.717) is 17.5 Å². The van der Waals surface area contributed by atoms with Gasteiger partial charge in [-0.3, -0.25) is 0 Å². The van der Waals surface area contributed by atoms with Crippen molar-refractivity contribution in [3.8, 4) is 51.0 Å². The summed E-state index contributed by atoms with van der Waals surface area (Å²) in [6.45, 7) is 0. The molecule has 4 heterocycles. The molecule has 0 saturated carbocycles. The first-order chi connectivity index (χ1) is 34.2. The quantitative estimate of drug-likeness (QED) is 0.172. The van der Waals surface area contributed by atoms with E-state index in [-0.39, 0.29) is 0 Å². The van der Waals surface area contributed by atoms with E-state index in [0.717, 1.165) is 88.6 Å². The summed E-state index contributed by atoms with van der Waals surface area (Å²) in [7, 11) is 0. The van der Waals surface area contributed by atoms with Gasteiger partial charge in [-0.1, -0.05) is 152 Å². The summed E-state index contributed by atoms with van der Waals surface area (Å²) in [6, 6.07) is 80.0. The van der Waals surface area contributed by atoms with Gasteiger partial charge in [0.2, 0.25) is 0 Å². The molecular weight excluding hydrogens is 843 g/mol. The van der Waals surface area contributed by atoms with Crippen LogP contribution in [0.2, 0.25) is 0 Å². The zero-order valence-electron chi connectivity index (χ0n) is 37.0. The van der Waals surface area contributed by atoms with E-state index in [1.54, 1.807) is 0 Å². The van der Waals surface area contributed by atoms with Gasteiger partial charge in [-0.05, 0) is 105 Å². The van der Waals surface area contributed by atoms with E-state index < -0.39 is 0 Å². The first-order valence-electron chi connectivity index (χ1n) is 23.3. The third-order valence-electron chi connectivity index (χ3n) is 14.1. The zero-order valence-corrected chi connectivity index (χ0v) is 37.0. The Balaban J connectivity index is 0.935. The normalized spacial score (nSPS) is 12.3. The van der Waals surface area contributed by atoms with Crippen LogP contribution in [0.3, 0.4) is 0 Å². The van der Waals surface area contributed by atoms with E-state index in [9.17, 15) is 0 Å². The van der Waals surface area contributed by atoms with Crippen LogP contribution in [0.5, 0.6) is 0 Å². The fourth-order valence-corrected chi connectivity index (χ4v) is 10.9. The number of aromatic nitrogens is 4. The van der Waals surface area contributed by atoms with E-state index in [1.807, 2.05) is 18.2 Å². The summed E-state index contributed by atoms with van der Waals surface area (Å²) in [5.74, 6) is 1.70. The van der Waals surface area contributed by atoms with E-state index in [4.69, 9.17) is 19.4 Å². The molecule has 1 aliphatic rings. The van der Waals surface area contributed by atoms with Crippen LogP contribution in [0.1, 0.15) is 0 Å². The van der Waals surface area contributed by atoms with Crippen molar-refractivity contribution in [2.75, 3.05) is 4.90 Å². The van der Waals surface area contributed by atoms with Gasteiger partial charge in [0, 0.05) is 55.0 Å². The van der Waals surface area contributed by atoms with Crippen LogP contribution in [0.4, 0.5) is 17.1 Å². The van der Waals surface area contributed by atoms with Crippen LogP contribution < -0.4 is 4.90 Å². The Morgan fingerprint density at radius 1 is 0.333 bits per heavy atom. The summed E-state index contributed by atoms with van der Waals surface area (Å²) in [5, 5.41) is 11.5. The maximum Gasteiger partial charge on any atom is 0.167 e. The third-order valence-corrected chi connectivity index (χ3v) is 14.1. The molecule has 0 radical (unpaired) electrons. The fourth-order valence-electron chi connectivity index (χ4n) is 10.9. The molecule has 15 rings (SSSR count). The number of hydrogen-bond acceptors (Lipinski definition) is 5. The molecule has 14 aromatic rings. The number of anilines is 3. The maximum absolute atomic E-state index is 6.60. The van der Waals surface area contributed by atoms with Crippen LogP contribution in [0.15, 0.2) is 229 Å². The molecule has 3 aromatic heterocycles. The molecule has 69 heavy (non-hydrogen) atoms. The van der Waals surface area contributed by atoms with Crippen LogP contribution in [-0.2, 0) is 0 Å². The molecule has 1 aliphatic heterocycles. The summed E-state index contributed by atoms with van der Waals surface area (Å²) < 4.78 is 8.93. The van der Waals surface area contributed by atoms with Gasteiger partial charge in [0.1, 0.15) is 11.2 Å². The number of furan rings is 1. The molecule has 6 nitrogen and oxygen atoms in total. The van der Waals surface area contributed by atoms with Gasteiger partial charge in [-0.25, -0.2) is 15.0 Å². The lowest BCUT2D eigenvalue weighted by Gasteiger charge is -2.34. The lowest BCUT2D eigenvalue weighted by Crippen LogP contribution is -2.15. The van der Waals surface area contributed by atoms with Crippen LogP contribution in [0.25, 0.3) is 127 Å². The number of hydrogen-bond donors (Lipinski definition) is 0. The second-order valence-electron chi connectivity index (χ2n) is 18.0. The minimum Gasteiger partial charge on any atom is -0.455 e. The van der Waals surface area contributed by atoms with Gasteiger partial charge in [0.25, 0.3) is 0 Å². The maximum atomic E-state index is 6.60. The van der Waals surface area contributed by atoms with Crippen molar-refractivity contribution < 1.29 is 4.42 Å². The number of rotatable bonds is 5. The van der Waals surface area contributed by atoms with Gasteiger partial charge in [0.05, 0.1) is 28.0 Å². The number of nitrogens with zero attached hydrogens (tertiary/aromatic N) is 5. The molecule has 0 bridgehead atoms. The molecule has 11 aromatic carbocycles. The van der Waals surface area contributed by atoms with Crippen molar-refractivity contribution in [1.29, 1.82) is 0 Å². The van der Waals surface area contributed by atoms with E-state index in [1.165, 1.54) is 38.1 Å². The second kappa shape index (κ2) is 14.6. The second-order valence-corrected chi connectivity index (χ2v) is 18.0. The lowest BCUT2D eigenvalue weighted by atomic mass is 9.89. The summed E-state index contributed by atoms with van der Waals surface area (Å²) in [4.78, 5) is 18.4. The Hall–Kier alpha value is -9.39. The third kappa shape index (κ3) is 5.76. The van der Waals surface area contributed by atoms with Gasteiger partial charge < -0.3 is 13.9 Å². The smallest absolute Gasteiger partial charge is 0.167 e. The number of benzene rings is 11. The minimum absolute atomic E-state index is 0.543. The molecule has 0 atom stereocenters. The minimum atomic E-state index is 0.543. The molecular formula is C63H37N5O. The standard InChI is InChI=1S/C63H37N5O/c1-2-17-45(18-3-1)67-54-24-8-6-19-47(54)48-32-30-43(37-56(48)67)62-64-61(65-63(66-62)52-23-12-22-51-49-20-7-9-26-58(49)69-60(51)52)42-28-27-38-29-31-46(34-44(38)33-42)68-55-25-11-16-39-15-10-21-50(59(39)55)53-35-40-13-4-5-14-41(40)36-57(53)68/h1-37H. The monoisotopic (exact) mass is 879 g/mol. The van der Waals surface area contributed by atoms with Crippen LogP contribution >= 0.6 is 0 Å². The molecule has 0 aliphatic carbocycles. The molecule has 6 heteroatoms. The Kier molecular flexibility index (Phi) is 7.97.